The van der Waals surface area contributed by atoms with Gasteiger partial charge in [0.25, 0.3) is 0 Å². The third-order valence-corrected chi connectivity index (χ3v) is 13.2. The molecule has 0 amide bonds. The Bertz CT molecular complexity index is 970. The van der Waals surface area contributed by atoms with E-state index in [0.29, 0.717) is 40.3 Å². The molecule has 3 nitrogen and oxygen atoms in total. The molecule has 0 unspecified atom stereocenters. The predicted molar refractivity (Wildman–Crippen MR) is 133 cm³/mol. The number of hydrogen-bond donors (Lipinski definition) is 0. The average Bonchev–Trinajstić information content (AvgIpc) is 3.57. The molecule has 6 fully saturated rings. The molecule has 2 aliphatic heterocycles. The molecule has 4 aliphatic carbocycles. The molecular weight excluding hydrogens is 420 g/mol. The van der Waals surface area contributed by atoms with Crippen molar-refractivity contribution in [2.24, 2.45) is 45.3 Å². The van der Waals surface area contributed by atoms with Gasteiger partial charge in [-0.2, -0.15) is 0 Å². The van der Waals surface area contributed by atoms with Gasteiger partial charge in [-0.05, 0) is 83.0 Å². The zero-order valence-electron chi connectivity index (χ0n) is 22.1. The Morgan fingerprint density at radius 2 is 1.32 bits per heavy atom. The van der Waals surface area contributed by atoms with Crippen LogP contribution < -0.4 is 0 Å². The largest absolute Gasteiger partial charge is 0.371 e. The van der Waals surface area contributed by atoms with Crippen molar-refractivity contribution >= 4 is 0 Å². The van der Waals surface area contributed by atoms with Crippen molar-refractivity contribution in [2.75, 3.05) is 0 Å². The van der Waals surface area contributed by atoms with Gasteiger partial charge in [-0.1, -0.05) is 71.9 Å². The molecule has 1 aromatic rings. The van der Waals surface area contributed by atoms with Crippen molar-refractivity contribution in [3.8, 4) is 0 Å². The minimum atomic E-state index is -0.107. The Kier molecular flexibility index (Phi) is 4.52. The molecule has 3 heteroatoms. The number of rotatable bonds is 4. The normalized spacial score (nSPS) is 52.2. The quantitative estimate of drug-likeness (QED) is 0.473. The van der Waals surface area contributed by atoms with Crippen LogP contribution in [0.3, 0.4) is 0 Å². The Balaban J connectivity index is 1.14. The molecule has 7 rings (SSSR count). The van der Waals surface area contributed by atoms with E-state index in [-0.39, 0.29) is 23.9 Å². The Hall–Kier alpha value is -0.900. The lowest BCUT2D eigenvalue weighted by molar-refractivity contribution is -0.212. The first-order valence-electron chi connectivity index (χ1n) is 14.1. The van der Waals surface area contributed by atoms with Gasteiger partial charge in [0.1, 0.15) is 6.10 Å². The number of fused-ring (bicyclic) bond motifs is 10. The maximum Gasteiger partial charge on any atom is 0.159 e. The summed E-state index contributed by atoms with van der Waals surface area (Å²) in [6.07, 6.45) is 8.20. The van der Waals surface area contributed by atoms with Gasteiger partial charge in [0.2, 0.25) is 0 Å². The zero-order valence-corrected chi connectivity index (χ0v) is 22.1. The summed E-state index contributed by atoms with van der Waals surface area (Å²) in [5, 5.41) is 0. The van der Waals surface area contributed by atoms with Gasteiger partial charge in [-0.3, -0.25) is 0 Å². The van der Waals surface area contributed by atoms with Crippen molar-refractivity contribution < 1.29 is 14.2 Å². The van der Waals surface area contributed by atoms with Crippen molar-refractivity contribution in [3.63, 3.8) is 0 Å². The Morgan fingerprint density at radius 1 is 0.765 bits per heavy atom. The van der Waals surface area contributed by atoms with Crippen LogP contribution in [0.15, 0.2) is 30.3 Å². The third kappa shape index (κ3) is 2.55. The van der Waals surface area contributed by atoms with Gasteiger partial charge in [-0.15, -0.1) is 0 Å². The standard InChI is InChI=1S/C31H44O3/c1-28(2)21-12-14-30(28,5)26-19(21)16-23(32-26)25(18-10-8-7-9-11-18)33-24-17-20-22-13-15-31(6,27(20)34-24)29(22,3)4/h7-11,19-27H,12-17H2,1-6H3/t19-,20-,21-,22-,23-,24-,25+,26-,27-,30+,31+/m1/s1. The summed E-state index contributed by atoms with van der Waals surface area (Å²) in [5.74, 6) is 2.87. The smallest absolute Gasteiger partial charge is 0.159 e. The molecule has 34 heavy (non-hydrogen) atoms. The molecule has 2 saturated heterocycles. The van der Waals surface area contributed by atoms with E-state index >= 15 is 0 Å². The van der Waals surface area contributed by atoms with Gasteiger partial charge in [0.15, 0.2) is 6.29 Å². The van der Waals surface area contributed by atoms with Gasteiger partial charge in [-0.25, -0.2) is 0 Å². The summed E-state index contributed by atoms with van der Waals surface area (Å²) < 4.78 is 20.7. The molecule has 4 saturated carbocycles. The van der Waals surface area contributed by atoms with Gasteiger partial charge < -0.3 is 14.2 Å². The highest BCUT2D eigenvalue weighted by molar-refractivity contribution is 5.23. The number of benzene rings is 1. The zero-order chi connectivity index (χ0) is 23.7. The van der Waals surface area contributed by atoms with Crippen molar-refractivity contribution in [1.29, 1.82) is 0 Å². The van der Waals surface area contributed by atoms with E-state index in [2.05, 4.69) is 71.9 Å². The monoisotopic (exact) mass is 464 g/mol. The lowest BCUT2D eigenvalue weighted by atomic mass is 9.70. The van der Waals surface area contributed by atoms with Crippen LogP contribution in [0.1, 0.15) is 91.7 Å². The fraction of sp³-hybridized carbons (Fsp3) is 0.806. The first-order chi connectivity index (χ1) is 16.1. The fourth-order valence-electron chi connectivity index (χ4n) is 10.5. The number of hydrogen-bond acceptors (Lipinski definition) is 3. The van der Waals surface area contributed by atoms with E-state index in [9.17, 15) is 0 Å². The summed E-state index contributed by atoms with van der Waals surface area (Å²) in [4.78, 5) is 0. The van der Waals surface area contributed by atoms with Crippen molar-refractivity contribution in [2.45, 2.75) is 111 Å². The second-order valence-electron chi connectivity index (χ2n) is 14.4. The predicted octanol–water partition coefficient (Wildman–Crippen LogP) is 7.16. The van der Waals surface area contributed by atoms with Crippen LogP contribution in [0.5, 0.6) is 0 Å². The lowest BCUT2D eigenvalue weighted by Crippen LogP contribution is -2.39. The van der Waals surface area contributed by atoms with Crippen LogP contribution in [0.25, 0.3) is 0 Å². The van der Waals surface area contributed by atoms with Crippen molar-refractivity contribution in [3.05, 3.63) is 35.9 Å². The topological polar surface area (TPSA) is 27.7 Å². The van der Waals surface area contributed by atoms with Crippen LogP contribution in [-0.2, 0) is 14.2 Å². The van der Waals surface area contributed by atoms with Crippen LogP contribution in [0.4, 0.5) is 0 Å². The molecule has 0 radical (unpaired) electrons. The molecule has 1 aromatic carbocycles. The van der Waals surface area contributed by atoms with Crippen LogP contribution in [0, 0.1) is 45.3 Å². The molecule has 186 valence electrons. The highest BCUT2D eigenvalue weighted by atomic mass is 16.7. The maximum atomic E-state index is 7.01. The highest BCUT2D eigenvalue weighted by Crippen LogP contribution is 2.73. The second-order valence-corrected chi connectivity index (χ2v) is 14.4. The fourth-order valence-corrected chi connectivity index (χ4v) is 10.5. The maximum absolute atomic E-state index is 7.01. The van der Waals surface area contributed by atoms with E-state index in [1.54, 1.807) is 0 Å². The molecule has 0 N–H and O–H groups in total. The first-order valence-corrected chi connectivity index (χ1v) is 14.1. The van der Waals surface area contributed by atoms with E-state index in [1.165, 1.54) is 31.2 Å². The minimum absolute atomic E-state index is 0.0415. The van der Waals surface area contributed by atoms with E-state index in [4.69, 9.17) is 14.2 Å². The average molecular weight is 465 g/mol. The molecule has 6 aliphatic rings. The summed E-state index contributed by atoms with van der Waals surface area (Å²) in [6, 6.07) is 10.8. The van der Waals surface area contributed by atoms with Crippen LogP contribution in [0.2, 0.25) is 0 Å². The van der Waals surface area contributed by atoms with Crippen molar-refractivity contribution in [1.82, 2.24) is 0 Å². The van der Waals surface area contributed by atoms with Crippen LogP contribution >= 0.6 is 0 Å². The van der Waals surface area contributed by atoms with E-state index in [1.807, 2.05) is 0 Å². The Morgan fingerprint density at radius 3 is 1.88 bits per heavy atom. The Labute approximate surface area is 206 Å². The summed E-state index contributed by atoms with van der Waals surface area (Å²) >= 11 is 0. The first kappa shape index (κ1) is 22.3. The number of ether oxygens (including phenoxy) is 3. The van der Waals surface area contributed by atoms with Gasteiger partial charge >= 0.3 is 0 Å². The molecule has 0 aromatic heterocycles. The molecule has 11 atom stereocenters. The molecule has 2 heterocycles. The lowest BCUT2D eigenvalue weighted by Gasteiger charge is -2.40. The summed E-state index contributed by atoms with van der Waals surface area (Å²) in [6.45, 7) is 14.9. The SMILES string of the molecule is CC1(C)[C@@H]2CC[C@@]1(C)[C@@H]1O[C@@H](O[C@@H](c3ccccc3)[C@H]3C[C@@H]4[C@H]5CC[C@@](C)([C@@H]4O3)C5(C)C)C[C@H]21. The minimum Gasteiger partial charge on any atom is -0.371 e. The van der Waals surface area contributed by atoms with Crippen LogP contribution in [-0.4, -0.2) is 24.6 Å². The highest BCUT2D eigenvalue weighted by Gasteiger charge is 2.71. The van der Waals surface area contributed by atoms with E-state index in [0.717, 1.165) is 24.7 Å². The third-order valence-electron chi connectivity index (χ3n) is 13.2. The van der Waals surface area contributed by atoms with Gasteiger partial charge in [0, 0.05) is 6.42 Å². The summed E-state index contributed by atoms with van der Waals surface area (Å²) in [7, 11) is 0. The second kappa shape index (κ2) is 6.90. The molecular formula is C31H44O3. The summed E-state index contributed by atoms with van der Waals surface area (Å²) in [5.41, 5.74) is 2.57. The van der Waals surface area contributed by atoms with E-state index < -0.39 is 0 Å². The molecule has 0 spiro atoms. The molecule has 4 bridgehead atoms. The van der Waals surface area contributed by atoms with Gasteiger partial charge in [0.05, 0.1) is 18.3 Å².